The van der Waals surface area contributed by atoms with Crippen LogP contribution in [0.3, 0.4) is 0 Å². The van der Waals surface area contributed by atoms with Crippen LogP contribution in [-0.4, -0.2) is 35.0 Å². The molecule has 1 aromatic heterocycles. The first-order chi connectivity index (χ1) is 10.0. The Hall–Kier alpha value is -2.30. The fourth-order valence-electron chi connectivity index (χ4n) is 2.94. The molecule has 0 aliphatic carbocycles. The number of piperidine rings is 1. The van der Waals surface area contributed by atoms with Crippen LogP contribution < -0.4 is 0 Å². The standard InChI is InChI=1S/C16H17NO4/c1-10-6-12(16(19)20)9-17(8-10)15(18)14-7-11-4-2-3-5-13(11)21-14/h2-5,7,10,12H,6,8-9H2,1H3,(H,19,20). The van der Waals surface area contributed by atoms with Gasteiger partial charge in [-0.25, -0.2) is 0 Å². The number of benzene rings is 1. The molecule has 5 nitrogen and oxygen atoms in total. The van der Waals surface area contributed by atoms with Crippen LogP contribution in [0.15, 0.2) is 34.7 Å². The van der Waals surface area contributed by atoms with Gasteiger partial charge in [-0.3, -0.25) is 9.59 Å². The van der Waals surface area contributed by atoms with Crippen LogP contribution in [0, 0.1) is 11.8 Å². The Balaban J connectivity index is 1.85. The summed E-state index contributed by atoms with van der Waals surface area (Å²) < 4.78 is 5.58. The van der Waals surface area contributed by atoms with Crippen molar-refractivity contribution in [1.82, 2.24) is 4.90 Å². The molecule has 5 heteroatoms. The van der Waals surface area contributed by atoms with Crippen LogP contribution in [-0.2, 0) is 4.79 Å². The van der Waals surface area contributed by atoms with E-state index in [4.69, 9.17) is 4.42 Å². The lowest BCUT2D eigenvalue weighted by Gasteiger charge is -2.34. The second-order valence-electron chi connectivity index (χ2n) is 5.73. The van der Waals surface area contributed by atoms with Crippen LogP contribution in [0.1, 0.15) is 23.9 Å². The summed E-state index contributed by atoms with van der Waals surface area (Å²) in [6.07, 6.45) is 0.610. The summed E-state index contributed by atoms with van der Waals surface area (Å²) in [4.78, 5) is 25.3. The zero-order valence-corrected chi connectivity index (χ0v) is 11.8. The van der Waals surface area contributed by atoms with Crippen molar-refractivity contribution in [3.8, 4) is 0 Å². The molecule has 2 unspecified atom stereocenters. The molecule has 2 aromatic rings. The molecule has 2 atom stereocenters. The van der Waals surface area contributed by atoms with Crippen molar-refractivity contribution < 1.29 is 19.1 Å². The highest BCUT2D eigenvalue weighted by Gasteiger charge is 2.33. The number of carboxylic acid groups (broad SMARTS) is 1. The first-order valence-corrected chi connectivity index (χ1v) is 7.05. The van der Waals surface area contributed by atoms with E-state index in [0.29, 0.717) is 18.5 Å². The normalized spacial score (nSPS) is 22.4. The van der Waals surface area contributed by atoms with E-state index in [-0.39, 0.29) is 24.1 Å². The highest BCUT2D eigenvalue weighted by Crippen LogP contribution is 2.25. The van der Waals surface area contributed by atoms with E-state index in [2.05, 4.69) is 0 Å². The minimum absolute atomic E-state index is 0.174. The second-order valence-corrected chi connectivity index (χ2v) is 5.73. The number of carboxylic acids is 1. The van der Waals surface area contributed by atoms with Crippen molar-refractivity contribution in [2.24, 2.45) is 11.8 Å². The van der Waals surface area contributed by atoms with Crippen molar-refractivity contribution in [3.63, 3.8) is 0 Å². The number of furan rings is 1. The zero-order chi connectivity index (χ0) is 15.0. The first-order valence-electron chi connectivity index (χ1n) is 7.05. The van der Waals surface area contributed by atoms with Crippen molar-refractivity contribution >= 4 is 22.8 Å². The third-order valence-corrected chi connectivity index (χ3v) is 3.93. The van der Waals surface area contributed by atoms with Crippen molar-refractivity contribution in [3.05, 3.63) is 36.1 Å². The summed E-state index contributed by atoms with van der Waals surface area (Å²) in [6, 6.07) is 9.14. The van der Waals surface area contributed by atoms with E-state index in [1.165, 1.54) is 0 Å². The average molecular weight is 287 g/mol. The predicted molar refractivity (Wildman–Crippen MR) is 77.0 cm³/mol. The third kappa shape index (κ3) is 2.63. The molecule has 1 fully saturated rings. The van der Waals surface area contributed by atoms with Crippen molar-refractivity contribution in [1.29, 1.82) is 0 Å². The summed E-state index contributed by atoms with van der Waals surface area (Å²) in [7, 11) is 0. The lowest BCUT2D eigenvalue weighted by molar-refractivity contribution is -0.143. The van der Waals surface area contributed by atoms with Gasteiger partial charge < -0.3 is 14.4 Å². The van der Waals surface area contributed by atoms with Crippen LogP contribution in [0.25, 0.3) is 11.0 Å². The number of nitrogens with zero attached hydrogens (tertiary/aromatic N) is 1. The number of para-hydroxylation sites is 1. The Labute approximate surface area is 122 Å². The summed E-state index contributed by atoms with van der Waals surface area (Å²) in [5, 5.41) is 10.1. The molecule has 1 aliphatic heterocycles. The minimum atomic E-state index is -0.844. The number of fused-ring (bicyclic) bond motifs is 1. The monoisotopic (exact) mass is 287 g/mol. The Bertz CT molecular complexity index is 657. The topological polar surface area (TPSA) is 70.8 Å². The van der Waals surface area contributed by atoms with Gasteiger partial charge in [0.25, 0.3) is 5.91 Å². The SMILES string of the molecule is CC1CC(C(=O)O)CN(C(=O)c2cc3ccccc3o2)C1. The highest BCUT2D eigenvalue weighted by molar-refractivity contribution is 5.96. The van der Waals surface area contributed by atoms with Gasteiger partial charge in [-0.1, -0.05) is 25.1 Å². The fourth-order valence-corrected chi connectivity index (χ4v) is 2.94. The van der Waals surface area contributed by atoms with Gasteiger partial charge in [0.1, 0.15) is 5.58 Å². The Morgan fingerprint density at radius 3 is 2.76 bits per heavy atom. The third-order valence-electron chi connectivity index (χ3n) is 3.93. The van der Waals surface area contributed by atoms with Crippen LogP contribution in [0.5, 0.6) is 0 Å². The minimum Gasteiger partial charge on any atom is -0.481 e. The summed E-state index contributed by atoms with van der Waals surface area (Å²) in [5.74, 6) is -1.13. The van der Waals surface area contributed by atoms with Gasteiger partial charge >= 0.3 is 5.97 Å². The van der Waals surface area contributed by atoms with Gasteiger partial charge in [-0.2, -0.15) is 0 Å². The van der Waals surface area contributed by atoms with Crippen LogP contribution >= 0.6 is 0 Å². The smallest absolute Gasteiger partial charge is 0.308 e. The van der Waals surface area contributed by atoms with E-state index in [1.54, 1.807) is 11.0 Å². The molecule has 110 valence electrons. The number of carbonyl (C=O) groups excluding carboxylic acids is 1. The largest absolute Gasteiger partial charge is 0.481 e. The van der Waals surface area contributed by atoms with Gasteiger partial charge in [-0.15, -0.1) is 0 Å². The van der Waals surface area contributed by atoms with E-state index >= 15 is 0 Å². The van der Waals surface area contributed by atoms with E-state index in [1.807, 2.05) is 31.2 Å². The summed E-state index contributed by atoms with van der Waals surface area (Å²) >= 11 is 0. The zero-order valence-electron chi connectivity index (χ0n) is 11.8. The molecular weight excluding hydrogens is 270 g/mol. The number of hydrogen-bond donors (Lipinski definition) is 1. The van der Waals surface area contributed by atoms with E-state index < -0.39 is 11.9 Å². The summed E-state index contributed by atoms with van der Waals surface area (Å²) in [6.45, 7) is 2.78. The molecule has 1 aromatic carbocycles. The van der Waals surface area contributed by atoms with E-state index in [9.17, 15) is 14.7 Å². The second kappa shape index (κ2) is 5.24. The molecule has 0 saturated carbocycles. The maximum absolute atomic E-state index is 12.5. The number of carbonyl (C=O) groups is 2. The lowest BCUT2D eigenvalue weighted by Crippen LogP contribution is -2.45. The first kappa shape index (κ1) is 13.7. The molecule has 1 N–H and O–H groups in total. The molecule has 1 aliphatic rings. The number of likely N-dealkylation sites (tertiary alicyclic amines) is 1. The average Bonchev–Trinajstić information content (AvgIpc) is 2.89. The molecule has 3 rings (SSSR count). The molecule has 1 saturated heterocycles. The number of rotatable bonds is 2. The Morgan fingerprint density at radius 1 is 1.29 bits per heavy atom. The quantitative estimate of drug-likeness (QED) is 0.921. The molecular formula is C16H17NO4. The molecule has 21 heavy (non-hydrogen) atoms. The number of hydrogen-bond acceptors (Lipinski definition) is 3. The number of aliphatic carboxylic acids is 1. The highest BCUT2D eigenvalue weighted by atomic mass is 16.4. The molecule has 0 spiro atoms. The molecule has 0 bridgehead atoms. The molecule has 2 heterocycles. The maximum Gasteiger partial charge on any atom is 0.308 e. The fraction of sp³-hybridized carbons (Fsp3) is 0.375. The van der Waals surface area contributed by atoms with Gasteiger partial charge in [0, 0.05) is 18.5 Å². The molecule has 1 amide bonds. The predicted octanol–water partition coefficient (Wildman–Crippen LogP) is 2.62. The van der Waals surface area contributed by atoms with Gasteiger partial charge in [0.2, 0.25) is 0 Å². The Kier molecular flexibility index (Phi) is 3.41. The maximum atomic E-state index is 12.5. The Morgan fingerprint density at radius 2 is 2.05 bits per heavy atom. The summed E-state index contributed by atoms with van der Waals surface area (Å²) in [5.41, 5.74) is 0.667. The van der Waals surface area contributed by atoms with Crippen molar-refractivity contribution in [2.75, 3.05) is 13.1 Å². The van der Waals surface area contributed by atoms with Gasteiger partial charge in [-0.05, 0) is 24.5 Å². The van der Waals surface area contributed by atoms with Crippen LogP contribution in [0.2, 0.25) is 0 Å². The lowest BCUT2D eigenvalue weighted by atomic mass is 9.90. The van der Waals surface area contributed by atoms with Crippen LogP contribution in [0.4, 0.5) is 0 Å². The molecule has 0 radical (unpaired) electrons. The van der Waals surface area contributed by atoms with Gasteiger partial charge in [0.05, 0.1) is 5.92 Å². The van der Waals surface area contributed by atoms with Gasteiger partial charge in [0.15, 0.2) is 5.76 Å². The van der Waals surface area contributed by atoms with Crippen molar-refractivity contribution in [2.45, 2.75) is 13.3 Å². The van der Waals surface area contributed by atoms with E-state index in [0.717, 1.165) is 5.39 Å². The number of amides is 1.